The Labute approximate surface area is 121 Å². The van der Waals surface area contributed by atoms with Gasteiger partial charge in [-0.3, -0.25) is 4.90 Å². The van der Waals surface area contributed by atoms with Gasteiger partial charge in [-0.15, -0.1) is 0 Å². The van der Waals surface area contributed by atoms with Crippen LogP contribution in [0.15, 0.2) is 0 Å². The maximum absolute atomic E-state index is 6.00. The third-order valence-electron chi connectivity index (χ3n) is 5.01. The van der Waals surface area contributed by atoms with E-state index in [9.17, 15) is 0 Å². The van der Waals surface area contributed by atoms with Gasteiger partial charge in [-0.25, -0.2) is 0 Å². The molecule has 114 valence electrons. The Bertz CT molecular complexity index is 217. The molecular weight excluding hydrogens is 232 g/mol. The summed E-state index contributed by atoms with van der Waals surface area (Å²) < 4.78 is 0. The van der Waals surface area contributed by atoms with Crippen LogP contribution >= 0.6 is 0 Å². The Morgan fingerprint density at radius 2 is 1.89 bits per heavy atom. The van der Waals surface area contributed by atoms with Gasteiger partial charge in [0.05, 0.1) is 0 Å². The van der Waals surface area contributed by atoms with Gasteiger partial charge < -0.3 is 5.73 Å². The van der Waals surface area contributed by atoms with E-state index in [0.717, 1.165) is 18.5 Å². The Hall–Kier alpha value is -0.0800. The molecule has 2 N–H and O–H groups in total. The van der Waals surface area contributed by atoms with E-state index in [0.29, 0.717) is 6.04 Å². The predicted molar refractivity (Wildman–Crippen MR) is 85.4 cm³/mol. The van der Waals surface area contributed by atoms with Gasteiger partial charge >= 0.3 is 0 Å². The zero-order valence-corrected chi connectivity index (χ0v) is 13.5. The number of unbranched alkanes of at least 4 members (excludes halogenated alkanes) is 4. The molecule has 1 aliphatic heterocycles. The van der Waals surface area contributed by atoms with Gasteiger partial charge in [-0.05, 0) is 38.6 Å². The van der Waals surface area contributed by atoms with Crippen LogP contribution in [0.2, 0.25) is 0 Å². The molecule has 3 unspecified atom stereocenters. The van der Waals surface area contributed by atoms with Gasteiger partial charge in [0.1, 0.15) is 0 Å². The molecule has 0 aromatic carbocycles. The van der Waals surface area contributed by atoms with E-state index in [-0.39, 0.29) is 0 Å². The molecule has 0 aliphatic carbocycles. The monoisotopic (exact) mass is 268 g/mol. The largest absolute Gasteiger partial charge is 0.329 e. The molecule has 0 aromatic rings. The second-order valence-electron chi connectivity index (χ2n) is 6.48. The summed E-state index contributed by atoms with van der Waals surface area (Å²) in [5.74, 6) is 0.918. The number of hydrogen-bond donors (Lipinski definition) is 1. The quantitative estimate of drug-likeness (QED) is 0.635. The highest BCUT2D eigenvalue weighted by molar-refractivity contribution is 4.85. The summed E-state index contributed by atoms with van der Waals surface area (Å²) in [6.07, 6.45) is 12.4. The van der Waals surface area contributed by atoms with Crippen molar-refractivity contribution in [2.75, 3.05) is 13.1 Å². The van der Waals surface area contributed by atoms with Crippen LogP contribution in [-0.2, 0) is 0 Å². The summed E-state index contributed by atoms with van der Waals surface area (Å²) in [6, 6.07) is 1.37. The molecule has 1 heterocycles. The van der Waals surface area contributed by atoms with Crippen LogP contribution in [0.5, 0.6) is 0 Å². The number of rotatable bonds is 9. The summed E-state index contributed by atoms with van der Waals surface area (Å²) in [6.45, 7) is 9.14. The first-order valence-corrected chi connectivity index (χ1v) is 8.68. The van der Waals surface area contributed by atoms with Crippen LogP contribution < -0.4 is 5.73 Å². The van der Waals surface area contributed by atoms with Crippen molar-refractivity contribution in [3.63, 3.8) is 0 Å². The normalized spacial score (nSPS) is 26.5. The number of nitrogens with two attached hydrogens (primary N) is 1. The van der Waals surface area contributed by atoms with Gasteiger partial charge in [0.25, 0.3) is 0 Å². The third-order valence-corrected chi connectivity index (χ3v) is 5.01. The van der Waals surface area contributed by atoms with Gasteiger partial charge in [0.2, 0.25) is 0 Å². The lowest BCUT2D eigenvalue weighted by atomic mass is 9.87. The average molecular weight is 268 g/mol. The predicted octanol–water partition coefficient (Wildman–Crippen LogP) is 4.18. The molecule has 0 spiro atoms. The maximum atomic E-state index is 6.00. The lowest BCUT2D eigenvalue weighted by Gasteiger charge is -2.42. The summed E-state index contributed by atoms with van der Waals surface area (Å²) in [5, 5.41) is 0. The van der Waals surface area contributed by atoms with Gasteiger partial charge in [-0.1, -0.05) is 52.4 Å². The SMILES string of the molecule is CCCCCCCC(C)N1CCC(CC)CC1CN. The smallest absolute Gasteiger partial charge is 0.0223 e. The molecule has 19 heavy (non-hydrogen) atoms. The van der Waals surface area contributed by atoms with E-state index in [2.05, 4.69) is 25.7 Å². The van der Waals surface area contributed by atoms with Crippen LogP contribution in [0.3, 0.4) is 0 Å². The third kappa shape index (κ3) is 5.83. The molecule has 0 aromatic heterocycles. The molecule has 1 saturated heterocycles. The molecule has 1 rings (SSSR count). The van der Waals surface area contributed by atoms with Crippen LogP contribution in [0, 0.1) is 5.92 Å². The Kier molecular flexibility index (Phi) is 8.72. The van der Waals surface area contributed by atoms with Gasteiger partial charge in [0, 0.05) is 18.6 Å². The topological polar surface area (TPSA) is 29.3 Å². The van der Waals surface area contributed by atoms with E-state index in [1.165, 1.54) is 64.3 Å². The summed E-state index contributed by atoms with van der Waals surface area (Å²) in [5.41, 5.74) is 6.00. The van der Waals surface area contributed by atoms with E-state index < -0.39 is 0 Å². The molecule has 0 radical (unpaired) electrons. The van der Waals surface area contributed by atoms with E-state index in [1.54, 1.807) is 0 Å². The van der Waals surface area contributed by atoms with E-state index in [4.69, 9.17) is 5.73 Å². The van der Waals surface area contributed by atoms with Crippen LogP contribution in [0.1, 0.15) is 78.6 Å². The van der Waals surface area contributed by atoms with Crippen molar-refractivity contribution < 1.29 is 0 Å². The first-order valence-electron chi connectivity index (χ1n) is 8.68. The fourth-order valence-electron chi connectivity index (χ4n) is 3.54. The number of piperidine rings is 1. The van der Waals surface area contributed by atoms with E-state index >= 15 is 0 Å². The number of hydrogen-bond acceptors (Lipinski definition) is 2. The minimum Gasteiger partial charge on any atom is -0.329 e. The zero-order chi connectivity index (χ0) is 14.1. The molecule has 1 fully saturated rings. The molecule has 0 saturated carbocycles. The Morgan fingerprint density at radius 3 is 2.53 bits per heavy atom. The molecule has 0 bridgehead atoms. The van der Waals surface area contributed by atoms with Crippen molar-refractivity contribution in [2.24, 2.45) is 11.7 Å². The van der Waals surface area contributed by atoms with Crippen molar-refractivity contribution in [2.45, 2.75) is 90.6 Å². The van der Waals surface area contributed by atoms with Crippen LogP contribution in [0.4, 0.5) is 0 Å². The molecule has 1 aliphatic rings. The highest BCUT2D eigenvalue weighted by Crippen LogP contribution is 2.27. The van der Waals surface area contributed by atoms with Crippen molar-refractivity contribution in [1.82, 2.24) is 4.90 Å². The fraction of sp³-hybridized carbons (Fsp3) is 1.00. The number of nitrogens with zero attached hydrogens (tertiary/aromatic N) is 1. The zero-order valence-electron chi connectivity index (χ0n) is 13.5. The van der Waals surface area contributed by atoms with E-state index in [1.807, 2.05) is 0 Å². The molecule has 0 amide bonds. The van der Waals surface area contributed by atoms with Crippen molar-refractivity contribution in [3.8, 4) is 0 Å². The number of likely N-dealkylation sites (tertiary alicyclic amines) is 1. The first-order chi connectivity index (χ1) is 9.22. The molecule has 2 nitrogen and oxygen atoms in total. The molecule has 3 atom stereocenters. The summed E-state index contributed by atoms with van der Waals surface area (Å²) in [7, 11) is 0. The van der Waals surface area contributed by atoms with Crippen LogP contribution in [0.25, 0.3) is 0 Å². The van der Waals surface area contributed by atoms with Crippen molar-refractivity contribution in [1.29, 1.82) is 0 Å². The minimum atomic E-state index is 0.643. The fourth-order valence-corrected chi connectivity index (χ4v) is 3.54. The summed E-state index contributed by atoms with van der Waals surface area (Å²) >= 11 is 0. The van der Waals surface area contributed by atoms with Gasteiger partial charge in [-0.2, -0.15) is 0 Å². The van der Waals surface area contributed by atoms with Crippen molar-refractivity contribution >= 4 is 0 Å². The average Bonchev–Trinajstić information content (AvgIpc) is 2.46. The molecule has 2 heteroatoms. The van der Waals surface area contributed by atoms with Crippen LogP contribution in [-0.4, -0.2) is 30.1 Å². The first kappa shape index (κ1) is 17.0. The lowest BCUT2D eigenvalue weighted by Crippen LogP contribution is -2.50. The Balaban J connectivity index is 2.28. The van der Waals surface area contributed by atoms with Crippen molar-refractivity contribution in [3.05, 3.63) is 0 Å². The summed E-state index contributed by atoms with van der Waals surface area (Å²) in [4.78, 5) is 2.70. The standard InChI is InChI=1S/C17H36N2/c1-4-6-7-8-9-10-15(3)19-12-11-16(5-2)13-17(19)14-18/h15-17H,4-14,18H2,1-3H3. The lowest BCUT2D eigenvalue weighted by molar-refractivity contribution is 0.0726. The molecular formula is C17H36N2. The maximum Gasteiger partial charge on any atom is 0.0223 e. The second-order valence-corrected chi connectivity index (χ2v) is 6.48. The Morgan fingerprint density at radius 1 is 1.16 bits per heavy atom. The second kappa shape index (κ2) is 9.77. The minimum absolute atomic E-state index is 0.643. The highest BCUT2D eigenvalue weighted by atomic mass is 15.2. The van der Waals surface area contributed by atoms with Gasteiger partial charge in [0.15, 0.2) is 0 Å². The highest BCUT2D eigenvalue weighted by Gasteiger charge is 2.29.